The Morgan fingerprint density at radius 1 is 0.833 bits per heavy atom. The van der Waals surface area contributed by atoms with Crippen molar-refractivity contribution >= 4 is 35.4 Å². The molecule has 2 N–H and O–H groups in total. The van der Waals surface area contributed by atoms with Gasteiger partial charge < -0.3 is 10.1 Å². The third kappa shape index (κ3) is 6.63. The number of nitrogens with one attached hydrogen (secondary N) is 2. The molecule has 0 bridgehead atoms. The van der Waals surface area contributed by atoms with Gasteiger partial charge in [0.05, 0.1) is 11.8 Å². The van der Waals surface area contributed by atoms with Gasteiger partial charge in [0.1, 0.15) is 17.4 Å². The molecule has 0 radical (unpaired) electrons. The van der Waals surface area contributed by atoms with E-state index in [4.69, 9.17) is 11.6 Å². The van der Waals surface area contributed by atoms with Crippen LogP contribution >= 0.6 is 11.6 Å². The predicted octanol–water partition coefficient (Wildman–Crippen LogP) is 6.56. The van der Waals surface area contributed by atoms with Crippen LogP contribution in [0.25, 0.3) is 11.4 Å². The van der Waals surface area contributed by atoms with Crippen LogP contribution in [0.3, 0.4) is 0 Å². The van der Waals surface area contributed by atoms with Gasteiger partial charge in [0.2, 0.25) is 11.9 Å². The first kappa shape index (κ1) is 24.8. The first-order valence-corrected chi connectivity index (χ1v) is 10.4. The summed E-state index contributed by atoms with van der Waals surface area (Å²) in [5.41, 5.74) is 3.02. The van der Waals surface area contributed by atoms with Crippen molar-refractivity contribution in [3.63, 3.8) is 0 Å². The molecule has 0 saturated heterocycles. The third-order valence-corrected chi connectivity index (χ3v) is 4.67. The summed E-state index contributed by atoms with van der Waals surface area (Å²) < 4.78 is 69.4. The number of hydrogen-bond donors (Lipinski definition) is 2. The SMILES string of the molecule is Fc1cccc(F)c1-c1nc(NN=Cc2ccc(OC(F)(F)F)cc2)nc(Nc2ccc(Cl)cc2)n1. The van der Waals surface area contributed by atoms with E-state index in [1.165, 1.54) is 24.4 Å². The molecule has 1 heterocycles. The van der Waals surface area contributed by atoms with Crippen molar-refractivity contribution in [2.24, 2.45) is 5.10 Å². The second-order valence-electron chi connectivity index (χ2n) is 7.02. The molecule has 0 unspecified atom stereocenters. The molecule has 0 aliphatic heterocycles. The second-order valence-corrected chi connectivity index (χ2v) is 7.46. The number of benzene rings is 3. The molecular weight excluding hydrogens is 507 g/mol. The number of alkyl halides is 3. The number of hydrazone groups is 1. The smallest absolute Gasteiger partial charge is 0.406 e. The molecule has 0 spiro atoms. The summed E-state index contributed by atoms with van der Waals surface area (Å²) >= 11 is 5.89. The highest BCUT2D eigenvalue weighted by Crippen LogP contribution is 2.26. The molecule has 0 amide bonds. The van der Waals surface area contributed by atoms with E-state index >= 15 is 0 Å². The number of halogens is 6. The predicted molar refractivity (Wildman–Crippen MR) is 124 cm³/mol. The zero-order valence-corrected chi connectivity index (χ0v) is 18.6. The van der Waals surface area contributed by atoms with E-state index in [-0.39, 0.29) is 23.5 Å². The van der Waals surface area contributed by atoms with Crippen molar-refractivity contribution in [1.82, 2.24) is 15.0 Å². The number of anilines is 3. The van der Waals surface area contributed by atoms with Crippen molar-refractivity contribution in [2.45, 2.75) is 6.36 Å². The van der Waals surface area contributed by atoms with Crippen LogP contribution in [-0.2, 0) is 0 Å². The number of hydrogen-bond acceptors (Lipinski definition) is 7. The number of aromatic nitrogens is 3. The minimum Gasteiger partial charge on any atom is -0.406 e. The summed E-state index contributed by atoms with van der Waals surface area (Å²) in [6, 6.07) is 14.8. The molecule has 0 aliphatic rings. The second kappa shape index (κ2) is 10.5. The lowest BCUT2D eigenvalue weighted by Crippen LogP contribution is -2.17. The van der Waals surface area contributed by atoms with E-state index in [2.05, 4.69) is 35.5 Å². The molecule has 0 atom stereocenters. The van der Waals surface area contributed by atoms with E-state index < -0.39 is 23.6 Å². The average molecular weight is 521 g/mol. The molecule has 36 heavy (non-hydrogen) atoms. The standard InChI is InChI=1S/C23H14ClF5N6O/c24-14-6-8-15(9-7-14)31-21-32-20(19-17(25)2-1-3-18(19)26)33-22(34-21)35-30-12-13-4-10-16(11-5-13)36-23(27,28)29/h1-12H,(H2,31,32,33,34,35). The minimum atomic E-state index is -4.80. The molecule has 4 rings (SSSR count). The van der Waals surface area contributed by atoms with E-state index in [0.29, 0.717) is 16.3 Å². The van der Waals surface area contributed by atoms with Gasteiger partial charge in [0.15, 0.2) is 5.82 Å². The van der Waals surface area contributed by atoms with E-state index in [9.17, 15) is 22.0 Å². The summed E-state index contributed by atoms with van der Waals surface area (Å²) in [7, 11) is 0. The van der Waals surface area contributed by atoms with Crippen LogP contribution in [0.1, 0.15) is 5.56 Å². The minimum absolute atomic E-state index is 0.0451. The van der Waals surface area contributed by atoms with Crippen LogP contribution in [0.2, 0.25) is 5.02 Å². The van der Waals surface area contributed by atoms with Crippen molar-refractivity contribution in [3.05, 3.63) is 89.0 Å². The average Bonchev–Trinajstić information content (AvgIpc) is 2.81. The Morgan fingerprint density at radius 3 is 2.11 bits per heavy atom. The number of rotatable bonds is 7. The highest BCUT2D eigenvalue weighted by Gasteiger charge is 2.30. The Kier molecular flexibility index (Phi) is 7.25. The Hall–Kier alpha value is -4.32. The maximum absolute atomic E-state index is 14.4. The van der Waals surface area contributed by atoms with Crippen LogP contribution in [-0.4, -0.2) is 27.5 Å². The first-order chi connectivity index (χ1) is 17.2. The van der Waals surface area contributed by atoms with Crippen molar-refractivity contribution in [3.8, 4) is 17.1 Å². The van der Waals surface area contributed by atoms with Crippen molar-refractivity contribution in [2.75, 3.05) is 10.7 Å². The fourth-order valence-electron chi connectivity index (χ4n) is 2.89. The van der Waals surface area contributed by atoms with E-state index in [0.717, 1.165) is 24.3 Å². The van der Waals surface area contributed by atoms with Crippen LogP contribution in [0.15, 0.2) is 71.8 Å². The van der Waals surface area contributed by atoms with E-state index in [1.54, 1.807) is 24.3 Å². The zero-order chi connectivity index (χ0) is 25.7. The van der Waals surface area contributed by atoms with Crippen molar-refractivity contribution in [1.29, 1.82) is 0 Å². The third-order valence-electron chi connectivity index (χ3n) is 4.41. The molecule has 1 aromatic heterocycles. The molecule has 0 fully saturated rings. The molecule has 13 heteroatoms. The van der Waals surface area contributed by atoms with Crippen LogP contribution in [0, 0.1) is 11.6 Å². The summed E-state index contributed by atoms with van der Waals surface area (Å²) in [6.45, 7) is 0. The Bertz CT molecular complexity index is 1360. The molecule has 184 valence electrons. The number of nitrogens with zero attached hydrogens (tertiary/aromatic N) is 4. The molecule has 3 aromatic carbocycles. The summed E-state index contributed by atoms with van der Waals surface area (Å²) in [4.78, 5) is 12.3. The topological polar surface area (TPSA) is 84.3 Å². The number of ether oxygens (including phenoxy) is 1. The summed E-state index contributed by atoms with van der Waals surface area (Å²) in [5.74, 6) is -2.66. The Labute approximate surface area is 205 Å². The van der Waals surface area contributed by atoms with Gasteiger partial charge in [-0.25, -0.2) is 14.2 Å². The molecule has 7 nitrogen and oxygen atoms in total. The van der Waals surface area contributed by atoms with Gasteiger partial charge in [-0.05, 0) is 66.2 Å². The highest BCUT2D eigenvalue weighted by atomic mass is 35.5. The fourth-order valence-corrected chi connectivity index (χ4v) is 3.01. The van der Waals surface area contributed by atoms with Gasteiger partial charge >= 0.3 is 6.36 Å². The van der Waals surface area contributed by atoms with Gasteiger partial charge in [-0.3, -0.25) is 0 Å². The van der Waals surface area contributed by atoms with Gasteiger partial charge in [-0.2, -0.15) is 20.1 Å². The summed E-state index contributed by atoms with van der Waals surface area (Å²) in [5, 5.41) is 7.32. The van der Waals surface area contributed by atoms with Crippen molar-refractivity contribution < 1.29 is 26.7 Å². The maximum atomic E-state index is 14.4. The Morgan fingerprint density at radius 2 is 1.47 bits per heavy atom. The van der Waals surface area contributed by atoms with Gasteiger partial charge in [-0.1, -0.05) is 17.7 Å². The van der Waals surface area contributed by atoms with E-state index in [1.807, 2.05) is 0 Å². The monoisotopic (exact) mass is 520 g/mol. The maximum Gasteiger partial charge on any atom is 0.573 e. The Balaban J connectivity index is 1.60. The molecule has 4 aromatic rings. The largest absolute Gasteiger partial charge is 0.573 e. The lowest BCUT2D eigenvalue weighted by atomic mass is 10.2. The fraction of sp³-hybridized carbons (Fsp3) is 0.0435. The van der Waals surface area contributed by atoms with Crippen LogP contribution < -0.4 is 15.5 Å². The lowest BCUT2D eigenvalue weighted by molar-refractivity contribution is -0.274. The van der Waals surface area contributed by atoms with Gasteiger partial charge in [-0.15, -0.1) is 13.2 Å². The quantitative estimate of drug-likeness (QED) is 0.163. The van der Waals surface area contributed by atoms with Gasteiger partial charge in [0, 0.05) is 10.7 Å². The zero-order valence-electron chi connectivity index (χ0n) is 17.9. The normalized spacial score (nSPS) is 11.5. The molecular formula is C23H14ClF5N6O. The first-order valence-electron chi connectivity index (χ1n) is 10.0. The highest BCUT2D eigenvalue weighted by molar-refractivity contribution is 6.30. The lowest BCUT2D eigenvalue weighted by Gasteiger charge is -2.10. The molecule has 0 aliphatic carbocycles. The summed E-state index contributed by atoms with van der Waals surface area (Å²) in [6.07, 6.45) is -3.53. The van der Waals surface area contributed by atoms with Gasteiger partial charge in [0.25, 0.3) is 0 Å². The molecule has 0 saturated carbocycles. The van der Waals surface area contributed by atoms with Crippen LogP contribution in [0.4, 0.5) is 39.5 Å². The van der Waals surface area contributed by atoms with Crippen LogP contribution in [0.5, 0.6) is 5.75 Å².